The van der Waals surface area contributed by atoms with Crippen molar-refractivity contribution < 1.29 is 9.69 Å². The second-order valence-corrected chi connectivity index (χ2v) is 7.55. The molecule has 0 radical (unpaired) electrons. The number of hydrogen-bond donors (Lipinski definition) is 2. The molecule has 0 bridgehead atoms. The van der Waals surface area contributed by atoms with E-state index in [2.05, 4.69) is 53.6 Å². The molecule has 1 fully saturated rings. The van der Waals surface area contributed by atoms with Crippen molar-refractivity contribution in [1.29, 1.82) is 0 Å². The van der Waals surface area contributed by atoms with Gasteiger partial charge in [0.1, 0.15) is 0 Å². The molecule has 0 aliphatic carbocycles. The van der Waals surface area contributed by atoms with Gasteiger partial charge < -0.3 is 10.6 Å². The molecule has 1 aromatic heterocycles. The fraction of sp³-hybridized carbons (Fsp3) is 0.579. The average molecular weight is 357 g/mol. The second kappa shape index (κ2) is 8.40. The van der Waals surface area contributed by atoms with Crippen molar-refractivity contribution in [2.75, 3.05) is 13.1 Å². The van der Waals surface area contributed by atoms with Gasteiger partial charge in [0.2, 0.25) is 11.7 Å². The molecule has 1 aliphatic rings. The minimum Gasteiger partial charge on any atom is -0.369 e. The van der Waals surface area contributed by atoms with Crippen LogP contribution in [0.1, 0.15) is 44.1 Å². The molecule has 0 spiro atoms. The van der Waals surface area contributed by atoms with Crippen LogP contribution < -0.4 is 10.6 Å². The summed E-state index contributed by atoms with van der Waals surface area (Å²) in [5.74, 6) is 1.21. The van der Waals surface area contributed by atoms with Crippen LogP contribution in [-0.2, 0) is 17.8 Å². The Morgan fingerprint density at radius 2 is 1.96 bits per heavy atom. The first-order chi connectivity index (χ1) is 12.6. The highest BCUT2D eigenvalue weighted by Gasteiger charge is 2.36. The molecule has 3 N–H and O–H groups in total. The quantitative estimate of drug-likeness (QED) is 0.750. The van der Waals surface area contributed by atoms with Crippen molar-refractivity contribution in [3.05, 3.63) is 41.7 Å². The van der Waals surface area contributed by atoms with Crippen LogP contribution in [-0.4, -0.2) is 39.2 Å². The summed E-state index contributed by atoms with van der Waals surface area (Å²) in [5, 5.41) is 12.6. The molecule has 3 rings (SSSR count). The molecule has 1 aromatic carbocycles. The standard InChI is InChI=1S/C19H28N6O/c1-14(2)17(24-11-9-16(10-12-24)18(20)26)19-21-22-23-25(19)13-8-15-6-4-3-5-7-15/h3-7,14,16-17H,8-13H2,1-2H3,(H2,20,26)/p+1/t17-/m0/s1. The van der Waals surface area contributed by atoms with Gasteiger partial charge in [0.15, 0.2) is 6.04 Å². The highest BCUT2D eigenvalue weighted by molar-refractivity contribution is 5.76. The van der Waals surface area contributed by atoms with E-state index in [9.17, 15) is 4.79 Å². The maximum absolute atomic E-state index is 11.4. The van der Waals surface area contributed by atoms with Crippen molar-refractivity contribution in [2.45, 2.75) is 45.7 Å². The number of carbonyl (C=O) groups is 1. The van der Waals surface area contributed by atoms with Crippen molar-refractivity contribution >= 4 is 5.91 Å². The minimum atomic E-state index is -0.169. The molecule has 140 valence electrons. The van der Waals surface area contributed by atoms with Gasteiger partial charge in [0.25, 0.3) is 0 Å². The number of benzene rings is 1. The molecular formula is C19H29N6O+. The summed E-state index contributed by atoms with van der Waals surface area (Å²) in [6, 6.07) is 10.6. The van der Waals surface area contributed by atoms with E-state index < -0.39 is 0 Å². The van der Waals surface area contributed by atoms with Gasteiger partial charge in [-0.25, -0.2) is 4.68 Å². The third-order valence-electron chi connectivity index (χ3n) is 5.43. The molecule has 7 nitrogen and oxygen atoms in total. The Hall–Kier alpha value is -2.28. The van der Waals surface area contributed by atoms with Crippen LogP contribution in [0.15, 0.2) is 30.3 Å². The lowest BCUT2D eigenvalue weighted by Crippen LogP contribution is -3.14. The van der Waals surface area contributed by atoms with E-state index in [4.69, 9.17) is 5.73 Å². The van der Waals surface area contributed by atoms with E-state index in [-0.39, 0.29) is 17.9 Å². The summed E-state index contributed by atoms with van der Waals surface area (Å²) >= 11 is 0. The Kier molecular flexibility index (Phi) is 5.98. The zero-order chi connectivity index (χ0) is 18.5. The number of primary amides is 1. The number of nitrogens with zero attached hydrogens (tertiary/aromatic N) is 4. The number of hydrogen-bond acceptors (Lipinski definition) is 4. The summed E-state index contributed by atoms with van der Waals surface area (Å²) in [7, 11) is 0. The maximum Gasteiger partial charge on any atom is 0.220 e. The number of carbonyl (C=O) groups excluding carboxylic acids is 1. The topological polar surface area (TPSA) is 91.1 Å². The molecular weight excluding hydrogens is 328 g/mol. The largest absolute Gasteiger partial charge is 0.369 e. The third-order valence-corrected chi connectivity index (χ3v) is 5.43. The number of aromatic nitrogens is 4. The lowest BCUT2D eigenvalue weighted by Gasteiger charge is -2.35. The second-order valence-electron chi connectivity index (χ2n) is 7.55. The molecule has 1 atom stereocenters. The number of quaternary nitrogens is 1. The highest BCUT2D eigenvalue weighted by Crippen LogP contribution is 2.19. The first-order valence-electron chi connectivity index (χ1n) is 9.50. The molecule has 1 amide bonds. The van der Waals surface area contributed by atoms with Crippen LogP contribution in [0.3, 0.4) is 0 Å². The van der Waals surface area contributed by atoms with Gasteiger partial charge in [-0.15, -0.1) is 5.10 Å². The fourth-order valence-electron chi connectivity index (χ4n) is 4.01. The van der Waals surface area contributed by atoms with Gasteiger partial charge in [-0.05, 0) is 22.4 Å². The van der Waals surface area contributed by atoms with Crippen LogP contribution >= 0.6 is 0 Å². The number of nitrogens with two attached hydrogens (primary N) is 1. The number of amides is 1. The van der Waals surface area contributed by atoms with Gasteiger partial charge in [-0.2, -0.15) is 0 Å². The van der Waals surface area contributed by atoms with E-state index in [0.717, 1.165) is 44.7 Å². The maximum atomic E-state index is 11.4. The zero-order valence-electron chi connectivity index (χ0n) is 15.6. The molecule has 1 aliphatic heterocycles. The number of likely N-dealkylation sites (tertiary alicyclic amines) is 1. The number of piperidine rings is 1. The monoisotopic (exact) mass is 357 g/mol. The number of nitrogens with one attached hydrogen (secondary N) is 1. The van der Waals surface area contributed by atoms with E-state index in [0.29, 0.717) is 5.92 Å². The van der Waals surface area contributed by atoms with Gasteiger partial charge >= 0.3 is 0 Å². The summed E-state index contributed by atoms with van der Waals surface area (Å²) in [6.45, 7) is 7.07. The van der Waals surface area contributed by atoms with Crippen LogP contribution in [0.2, 0.25) is 0 Å². The van der Waals surface area contributed by atoms with Crippen molar-refractivity contribution in [3.8, 4) is 0 Å². The smallest absolute Gasteiger partial charge is 0.220 e. The predicted octanol–water partition coefficient (Wildman–Crippen LogP) is 0.393. The summed E-state index contributed by atoms with van der Waals surface area (Å²) in [4.78, 5) is 12.9. The summed E-state index contributed by atoms with van der Waals surface area (Å²) < 4.78 is 1.95. The highest BCUT2D eigenvalue weighted by atomic mass is 16.1. The molecule has 1 saturated heterocycles. The first-order valence-corrected chi connectivity index (χ1v) is 9.50. The first kappa shape index (κ1) is 18.5. The summed E-state index contributed by atoms with van der Waals surface area (Å²) in [6.07, 6.45) is 2.60. The third kappa shape index (κ3) is 4.27. The molecule has 2 heterocycles. The van der Waals surface area contributed by atoms with Gasteiger partial charge in [-0.1, -0.05) is 44.2 Å². The van der Waals surface area contributed by atoms with Gasteiger partial charge in [-0.3, -0.25) is 4.79 Å². The van der Waals surface area contributed by atoms with Crippen molar-refractivity contribution in [2.24, 2.45) is 17.6 Å². The number of tetrazole rings is 1. The Balaban J connectivity index is 1.71. The SMILES string of the molecule is CC(C)[C@@H](c1nnnn1CCc1ccccc1)[NH+]1CCC(C(N)=O)CC1. The van der Waals surface area contributed by atoms with Gasteiger partial charge in [0.05, 0.1) is 13.1 Å². The van der Waals surface area contributed by atoms with Gasteiger partial charge in [0, 0.05) is 31.2 Å². The van der Waals surface area contributed by atoms with E-state index in [1.54, 1.807) is 0 Å². The molecule has 0 unspecified atom stereocenters. The lowest BCUT2D eigenvalue weighted by atomic mass is 9.92. The zero-order valence-corrected chi connectivity index (χ0v) is 15.6. The van der Waals surface area contributed by atoms with Crippen LogP contribution in [0.5, 0.6) is 0 Å². The van der Waals surface area contributed by atoms with Crippen LogP contribution in [0.4, 0.5) is 0 Å². The summed E-state index contributed by atoms with van der Waals surface area (Å²) in [5.41, 5.74) is 6.76. The van der Waals surface area contributed by atoms with Crippen LogP contribution in [0, 0.1) is 11.8 Å². The Labute approximate surface area is 154 Å². The molecule has 26 heavy (non-hydrogen) atoms. The number of rotatable bonds is 7. The minimum absolute atomic E-state index is 0.0145. The molecule has 0 saturated carbocycles. The fourth-order valence-corrected chi connectivity index (χ4v) is 4.01. The number of aryl methyl sites for hydroxylation is 2. The van der Waals surface area contributed by atoms with Crippen molar-refractivity contribution in [1.82, 2.24) is 20.2 Å². The molecule has 2 aromatic rings. The average Bonchev–Trinajstić information content (AvgIpc) is 3.09. The predicted molar refractivity (Wildman–Crippen MR) is 98.2 cm³/mol. The molecule has 7 heteroatoms. The van der Waals surface area contributed by atoms with Crippen LogP contribution in [0.25, 0.3) is 0 Å². The Morgan fingerprint density at radius 3 is 2.58 bits per heavy atom. The van der Waals surface area contributed by atoms with E-state index >= 15 is 0 Å². The van der Waals surface area contributed by atoms with E-state index in [1.807, 2.05) is 10.7 Å². The van der Waals surface area contributed by atoms with Crippen molar-refractivity contribution in [3.63, 3.8) is 0 Å². The normalized spacial score (nSPS) is 21.7. The Bertz CT molecular complexity index is 706. The Morgan fingerprint density at radius 1 is 1.27 bits per heavy atom. The lowest BCUT2D eigenvalue weighted by molar-refractivity contribution is -0.941. The van der Waals surface area contributed by atoms with E-state index in [1.165, 1.54) is 10.5 Å².